The summed E-state index contributed by atoms with van der Waals surface area (Å²) >= 11 is 0. The topological polar surface area (TPSA) is 26.0 Å². The van der Waals surface area contributed by atoms with E-state index < -0.39 is 6.17 Å². The zero-order valence-corrected chi connectivity index (χ0v) is 4.66. The first-order valence-corrected chi connectivity index (χ1v) is 2.18. The van der Waals surface area contributed by atoms with Gasteiger partial charge in [-0.2, -0.15) is 0 Å². The van der Waals surface area contributed by atoms with Gasteiger partial charge in [0.2, 0.25) is 0 Å². The van der Waals surface area contributed by atoms with Crippen LogP contribution in [-0.4, -0.2) is 12.7 Å². The molecule has 0 aromatic carbocycles. The summed E-state index contributed by atoms with van der Waals surface area (Å²) in [6, 6.07) is 0. The quantitative estimate of drug-likeness (QED) is 0.405. The largest absolute Gasteiger partial charge is 1.00 e. The van der Waals surface area contributed by atoms with Crippen molar-refractivity contribution in [2.45, 2.75) is 12.6 Å². The summed E-state index contributed by atoms with van der Waals surface area (Å²) in [5, 5.41) is 0. The molecule has 3 heteroatoms. The third-order valence-electron chi connectivity index (χ3n) is 1.14. The van der Waals surface area contributed by atoms with Crippen LogP contribution < -0.4 is 18.1 Å². The maximum Gasteiger partial charge on any atom is 0.105 e. The Morgan fingerprint density at radius 1 is 1.71 bits per heavy atom. The van der Waals surface area contributed by atoms with Gasteiger partial charge in [-0.1, -0.05) is 0 Å². The van der Waals surface area contributed by atoms with E-state index in [1.807, 2.05) is 0 Å². The Kier molecular flexibility index (Phi) is 2.54. The van der Waals surface area contributed by atoms with Crippen LogP contribution in [0.15, 0.2) is 0 Å². The standard InChI is InChI=1S/C4H8FN.ClH/c5-4-1-3(4)2-6;/h3-4H,1-2,6H2;1H/p-1/t3-,4-;/m1./s1. The third kappa shape index (κ3) is 1.61. The maximum absolute atomic E-state index is 11.7. The molecule has 0 spiro atoms. The molecule has 44 valence electrons. The van der Waals surface area contributed by atoms with Gasteiger partial charge in [0.25, 0.3) is 0 Å². The average molecular weight is 125 g/mol. The molecule has 1 nitrogen and oxygen atoms in total. The lowest BCUT2D eigenvalue weighted by Crippen LogP contribution is -3.00. The van der Waals surface area contributed by atoms with Crippen molar-refractivity contribution >= 4 is 0 Å². The zero-order valence-electron chi connectivity index (χ0n) is 3.90. The Balaban J connectivity index is 0.000000360. The molecule has 0 bridgehead atoms. The highest BCUT2D eigenvalue weighted by molar-refractivity contribution is 4.86. The van der Waals surface area contributed by atoms with Crippen LogP contribution in [0.25, 0.3) is 0 Å². The highest BCUT2D eigenvalue weighted by Gasteiger charge is 2.35. The third-order valence-corrected chi connectivity index (χ3v) is 1.14. The minimum atomic E-state index is -0.560. The number of hydrogen-bond donors (Lipinski definition) is 1. The first kappa shape index (κ1) is 7.18. The van der Waals surface area contributed by atoms with E-state index in [4.69, 9.17) is 5.73 Å². The van der Waals surface area contributed by atoms with Gasteiger partial charge in [-0.05, 0) is 13.0 Å². The molecule has 2 N–H and O–H groups in total. The van der Waals surface area contributed by atoms with Gasteiger partial charge in [0.05, 0.1) is 0 Å². The molecule has 1 aliphatic carbocycles. The highest BCUT2D eigenvalue weighted by Crippen LogP contribution is 2.31. The molecule has 0 heterocycles. The molecule has 2 atom stereocenters. The van der Waals surface area contributed by atoms with Crippen molar-refractivity contribution < 1.29 is 16.8 Å². The summed E-state index contributed by atoms with van der Waals surface area (Å²) in [7, 11) is 0. The van der Waals surface area contributed by atoms with Crippen molar-refractivity contribution in [2.75, 3.05) is 6.54 Å². The van der Waals surface area contributed by atoms with Crippen LogP contribution >= 0.6 is 0 Å². The fourth-order valence-corrected chi connectivity index (χ4v) is 0.455. The Morgan fingerprint density at radius 3 is 2.14 bits per heavy atom. The van der Waals surface area contributed by atoms with Crippen LogP contribution in [0, 0.1) is 5.92 Å². The van der Waals surface area contributed by atoms with Crippen molar-refractivity contribution in [1.82, 2.24) is 0 Å². The fraction of sp³-hybridized carbons (Fsp3) is 1.00. The van der Waals surface area contributed by atoms with E-state index >= 15 is 0 Å². The summed E-state index contributed by atoms with van der Waals surface area (Å²) in [6.07, 6.45) is 0.145. The molecule has 1 fully saturated rings. The lowest BCUT2D eigenvalue weighted by molar-refractivity contribution is -0.00000211. The van der Waals surface area contributed by atoms with E-state index in [2.05, 4.69) is 0 Å². The van der Waals surface area contributed by atoms with E-state index in [1.165, 1.54) is 0 Å². The van der Waals surface area contributed by atoms with Gasteiger partial charge in [-0.3, -0.25) is 0 Å². The molecular formula is C4H8ClFN-. The van der Waals surface area contributed by atoms with E-state index in [-0.39, 0.29) is 18.3 Å². The van der Waals surface area contributed by atoms with Gasteiger partial charge >= 0.3 is 0 Å². The van der Waals surface area contributed by atoms with Gasteiger partial charge in [0.1, 0.15) is 6.17 Å². The van der Waals surface area contributed by atoms with Gasteiger partial charge < -0.3 is 18.1 Å². The van der Waals surface area contributed by atoms with Gasteiger partial charge in [-0.25, -0.2) is 4.39 Å². The first-order valence-electron chi connectivity index (χ1n) is 2.18. The molecule has 0 radical (unpaired) electrons. The van der Waals surface area contributed by atoms with Crippen LogP contribution in [0.2, 0.25) is 0 Å². The highest BCUT2D eigenvalue weighted by atomic mass is 35.5. The Morgan fingerprint density at radius 2 is 2.14 bits per heavy atom. The first-order chi connectivity index (χ1) is 2.84. The smallest absolute Gasteiger partial charge is 0.105 e. The second-order valence-corrected chi connectivity index (χ2v) is 1.75. The lowest BCUT2D eigenvalue weighted by Gasteiger charge is -1.77. The van der Waals surface area contributed by atoms with E-state index in [0.29, 0.717) is 13.0 Å². The van der Waals surface area contributed by atoms with Crippen molar-refractivity contribution in [3.63, 3.8) is 0 Å². The van der Waals surface area contributed by atoms with Crippen molar-refractivity contribution in [1.29, 1.82) is 0 Å². The summed E-state index contributed by atoms with van der Waals surface area (Å²) in [4.78, 5) is 0. The Labute approximate surface area is 48.5 Å². The number of alkyl halides is 1. The second kappa shape index (κ2) is 2.48. The number of rotatable bonds is 1. The van der Waals surface area contributed by atoms with Crippen molar-refractivity contribution in [3.05, 3.63) is 0 Å². The molecule has 0 aromatic rings. The van der Waals surface area contributed by atoms with E-state index in [0.717, 1.165) is 0 Å². The van der Waals surface area contributed by atoms with Crippen LogP contribution in [0.1, 0.15) is 6.42 Å². The maximum atomic E-state index is 11.7. The SMILES string of the molecule is NC[C@H]1C[C@H]1F.[Cl-]. The molecule has 0 unspecified atom stereocenters. The number of halogens is 2. The number of nitrogens with two attached hydrogens (primary N) is 1. The predicted molar refractivity (Wildman–Crippen MR) is 22.1 cm³/mol. The predicted octanol–water partition coefficient (Wildman–Crippen LogP) is -2.69. The molecule has 1 aliphatic rings. The van der Waals surface area contributed by atoms with Crippen LogP contribution in [0.3, 0.4) is 0 Å². The summed E-state index contributed by atoms with van der Waals surface area (Å²) in [5.74, 6) is 0.213. The summed E-state index contributed by atoms with van der Waals surface area (Å²) in [5.41, 5.74) is 5.08. The molecule has 0 amide bonds. The van der Waals surface area contributed by atoms with Gasteiger partial charge in [0, 0.05) is 5.92 Å². The monoisotopic (exact) mass is 124 g/mol. The van der Waals surface area contributed by atoms with E-state index in [1.54, 1.807) is 0 Å². The van der Waals surface area contributed by atoms with Crippen LogP contribution in [0.4, 0.5) is 4.39 Å². The van der Waals surface area contributed by atoms with Gasteiger partial charge in [-0.15, -0.1) is 0 Å². The van der Waals surface area contributed by atoms with Crippen LogP contribution in [-0.2, 0) is 0 Å². The molecule has 0 saturated heterocycles. The van der Waals surface area contributed by atoms with Gasteiger partial charge in [0.15, 0.2) is 0 Å². The molecule has 0 aliphatic heterocycles. The molecule has 1 saturated carbocycles. The Bertz CT molecular complexity index is 57.7. The van der Waals surface area contributed by atoms with Crippen LogP contribution in [0.5, 0.6) is 0 Å². The summed E-state index contributed by atoms with van der Waals surface area (Å²) in [6.45, 7) is 0.529. The minimum Gasteiger partial charge on any atom is -1.00 e. The normalized spacial score (nSPS) is 36.9. The number of hydrogen-bond acceptors (Lipinski definition) is 1. The van der Waals surface area contributed by atoms with E-state index in [9.17, 15) is 4.39 Å². The molecule has 0 aromatic heterocycles. The fourth-order valence-electron chi connectivity index (χ4n) is 0.455. The molecule has 7 heavy (non-hydrogen) atoms. The Hall–Kier alpha value is 0.180. The second-order valence-electron chi connectivity index (χ2n) is 1.75. The lowest BCUT2D eigenvalue weighted by atomic mass is 10.4. The van der Waals surface area contributed by atoms with Crippen molar-refractivity contribution in [3.8, 4) is 0 Å². The minimum absolute atomic E-state index is 0. The zero-order chi connectivity index (χ0) is 4.57. The molecule has 1 rings (SSSR count). The summed E-state index contributed by atoms with van der Waals surface area (Å²) < 4.78 is 11.7. The molecular weight excluding hydrogens is 117 g/mol. The van der Waals surface area contributed by atoms with Crippen molar-refractivity contribution in [2.24, 2.45) is 11.7 Å². The average Bonchev–Trinajstić information content (AvgIpc) is 2.19.